The Morgan fingerprint density at radius 3 is 2.75 bits per heavy atom. The minimum absolute atomic E-state index is 0.221. The van der Waals surface area contributed by atoms with Crippen molar-refractivity contribution in [1.29, 1.82) is 0 Å². The van der Waals surface area contributed by atoms with Gasteiger partial charge in [0.15, 0.2) is 0 Å². The maximum absolute atomic E-state index is 11.9. The molecule has 5 heteroatoms. The summed E-state index contributed by atoms with van der Waals surface area (Å²) in [5, 5.41) is 5.65. The van der Waals surface area contributed by atoms with Crippen LogP contribution >= 0.6 is 0 Å². The van der Waals surface area contributed by atoms with Gasteiger partial charge in [-0.05, 0) is 43.5 Å². The molecule has 128 valence electrons. The third-order valence-corrected chi connectivity index (χ3v) is 3.51. The highest BCUT2D eigenvalue weighted by Crippen LogP contribution is 2.19. The fourth-order valence-electron chi connectivity index (χ4n) is 2.36. The second kappa shape index (κ2) is 9.45. The molecule has 0 aliphatic carbocycles. The first-order valence-electron chi connectivity index (χ1n) is 8.12. The van der Waals surface area contributed by atoms with Gasteiger partial charge in [0, 0.05) is 18.3 Å². The largest absolute Gasteiger partial charge is 0.497 e. The predicted molar refractivity (Wildman–Crippen MR) is 95.9 cm³/mol. The normalized spacial score (nSPS) is 10.1. The Morgan fingerprint density at radius 1 is 1.12 bits per heavy atom. The first-order chi connectivity index (χ1) is 11.7. The highest BCUT2D eigenvalue weighted by Gasteiger charge is 2.04. The topological polar surface area (TPSA) is 59.6 Å². The van der Waals surface area contributed by atoms with Crippen molar-refractivity contribution in [3.05, 3.63) is 54.1 Å². The van der Waals surface area contributed by atoms with E-state index in [2.05, 4.69) is 16.7 Å². The fourth-order valence-corrected chi connectivity index (χ4v) is 2.36. The molecule has 0 atom stereocenters. The molecular weight excluding hydrogens is 304 g/mol. The van der Waals surface area contributed by atoms with Gasteiger partial charge in [0.1, 0.15) is 11.5 Å². The SMILES string of the molecule is CCOc1ccccc1CCCNC(=O)Nc1cccc(OC)c1. The summed E-state index contributed by atoms with van der Waals surface area (Å²) < 4.78 is 10.7. The second-order valence-electron chi connectivity index (χ2n) is 5.26. The van der Waals surface area contributed by atoms with E-state index < -0.39 is 0 Å². The maximum atomic E-state index is 11.9. The van der Waals surface area contributed by atoms with Crippen molar-refractivity contribution < 1.29 is 14.3 Å². The number of para-hydroxylation sites is 1. The molecule has 2 aromatic rings. The molecule has 2 N–H and O–H groups in total. The molecule has 5 nitrogen and oxygen atoms in total. The Bertz CT molecular complexity index is 659. The quantitative estimate of drug-likeness (QED) is 0.724. The molecule has 0 aliphatic rings. The Balaban J connectivity index is 1.75. The summed E-state index contributed by atoms with van der Waals surface area (Å²) in [4.78, 5) is 11.9. The number of ether oxygens (including phenoxy) is 2. The number of nitrogens with one attached hydrogen (secondary N) is 2. The average Bonchev–Trinajstić information content (AvgIpc) is 2.60. The number of urea groups is 1. The zero-order valence-electron chi connectivity index (χ0n) is 14.2. The number of hydrogen-bond acceptors (Lipinski definition) is 3. The molecule has 0 aliphatic heterocycles. The number of rotatable bonds is 8. The fraction of sp³-hybridized carbons (Fsp3) is 0.316. The second-order valence-corrected chi connectivity index (χ2v) is 5.26. The summed E-state index contributed by atoms with van der Waals surface area (Å²) in [6, 6.07) is 15.0. The lowest BCUT2D eigenvalue weighted by Gasteiger charge is -2.11. The van der Waals surface area contributed by atoms with Crippen molar-refractivity contribution in [2.75, 3.05) is 25.6 Å². The summed E-state index contributed by atoms with van der Waals surface area (Å²) in [7, 11) is 1.60. The summed E-state index contributed by atoms with van der Waals surface area (Å²) in [6.45, 7) is 3.22. The molecule has 0 heterocycles. The molecule has 2 rings (SSSR count). The monoisotopic (exact) mass is 328 g/mol. The van der Waals surface area contributed by atoms with Gasteiger partial charge in [-0.2, -0.15) is 0 Å². The van der Waals surface area contributed by atoms with Crippen molar-refractivity contribution >= 4 is 11.7 Å². The molecule has 0 radical (unpaired) electrons. The van der Waals surface area contributed by atoms with Gasteiger partial charge in [0.05, 0.1) is 13.7 Å². The lowest BCUT2D eigenvalue weighted by atomic mass is 10.1. The van der Waals surface area contributed by atoms with Gasteiger partial charge in [-0.15, -0.1) is 0 Å². The average molecular weight is 328 g/mol. The van der Waals surface area contributed by atoms with Crippen LogP contribution in [0.25, 0.3) is 0 Å². The van der Waals surface area contributed by atoms with E-state index in [0.29, 0.717) is 24.6 Å². The molecule has 24 heavy (non-hydrogen) atoms. The van der Waals surface area contributed by atoms with Crippen LogP contribution in [0.1, 0.15) is 18.9 Å². The number of amides is 2. The van der Waals surface area contributed by atoms with Gasteiger partial charge in [0.25, 0.3) is 0 Å². The van der Waals surface area contributed by atoms with E-state index in [1.807, 2.05) is 43.3 Å². The minimum atomic E-state index is -0.221. The highest BCUT2D eigenvalue weighted by atomic mass is 16.5. The molecule has 0 aromatic heterocycles. The van der Waals surface area contributed by atoms with E-state index in [-0.39, 0.29) is 6.03 Å². The molecule has 0 unspecified atom stereocenters. The summed E-state index contributed by atoms with van der Waals surface area (Å²) >= 11 is 0. The van der Waals surface area contributed by atoms with Crippen LogP contribution in [-0.2, 0) is 6.42 Å². The Hall–Kier alpha value is -2.69. The lowest BCUT2D eigenvalue weighted by molar-refractivity contribution is 0.252. The van der Waals surface area contributed by atoms with Gasteiger partial charge >= 0.3 is 6.03 Å². The maximum Gasteiger partial charge on any atom is 0.319 e. The number of anilines is 1. The first-order valence-corrected chi connectivity index (χ1v) is 8.12. The van der Waals surface area contributed by atoms with E-state index in [0.717, 1.165) is 24.2 Å². The van der Waals surface area contributed by atoms with Gasteiger partial charge in [-0.1, -0.05) is 24.3 Å². The smallest absolute Gasteiger partial charge is 0.319 e. The molecule has 0 spiro atoms. The van der Waals surface area contributed by atoms with Crippen molar-refractivity contribution in [3.63, 3.8) is 0 Å². The minimum Gasteiger partial charge on any atom is -0.497 e. The molecular formula is C19H24N2O3. The van der Waals surface area contributed by atoms with Gasteiger partial charge < -0.3 is 20.1 Å². The van der Waals surface area contributed by atoms with Crippen LogP contribution < -0.4 is 20.1 Å². The zero-order chi connectivity index (χ0) is 17.2. The molecule has 2 amide bonds. The molecule has 2 aromatic carbocycles. The first kappa shape index (κ1) is 17.7. The van der Waals surface area contributed by atoms with Crippen LogP contribution in [-0.4, -0.2) is 26.3 Å². The van der Waals surface area contributed by atoms with Crippen molar-refractivity contribution in [3.8, 4) is 11.5 Å². The molecule has 0 saturated heterocycles. The Labute approximate surface area is 143 Å². The Morgan fingerprint density at radius 2 is 1.96 bits per heavy atom. The van der Waals surface area contributed by atoms with Crippen LogP contribution in [0.3, 0.4) is 0 Å². The van der Waals surface area contributed by atoms with Crippen LogP contribution in [0.4, 0.5) is 10.5 Å². The number of carbonyl (C=O) groups is 1. The van der Waals surface area contributed by atoms with E-state index in [1.54, 1.807) is 13.2 Å². The molecule has 0 bridgehead atoms. The molecule has 0 saturated carbocycles. The number of methoxy groups -OCH3 is 1. The number of aryl methyl sites for hydroxylation is 1. The van der Waals surface area contributed by atoms with Gasteiger partial charge in [-0.25, -0.2) is 4.79 Å². The number of carbonyl (C=O) groups excluding carboxylic acids is 1. The number of hydrogen-bond donors (Lipinski definition) is 2. The van der Waals surface area contributed by atoms with Crippen LogP contribution in [0, 0.1) is 0 Å². The van der Waals surface area contributed by atoms with Crippen molar-refractivity contribution in [2.45, 2.75) is 19.8 Å². The third-order valence-electron chi connectivity index (χ3n) is 3.51. The number of benzene rings is 2. The van der Waals surface area contributed by atoms with Crippen LogP contribution in [0.15, 0.2) is 48.5 Å². The van der Waals surface area contributed by atoms with E-state index in [9.17, 15) is 4.79 Å². The van der Waals surface area contributed by atoms with Crippen LogP contribution in [0.2, 0.25) is 0 Å². The predicted octanol–water partition coefficient (Wildman–Crippen LogP) is 3.85. The van der Waals surface area contributed by atoms with Gasteiger partial charge in [0.2, 0.25) is 0 Å². The molecule has 0 fully saturated rings. The zero-order valence-corrected chi connectivity index (χ0v) is 14.2. The lowest BCUT2D eigenvalue weighted by Crippen LogP contribution is -2.29. The van der Waals surface area contributed by atoms with Crippen LogP contribution in [0.5, 0.6) is 11.5 Å². The summed E-state index contributed by atoms with van der Waals surface area (Å²) in [6.07, 6.45) is 1.70. The third kappa shape index (κ3) is 5.50. The Kier molecular flexibility index (Phi) is 6.95. The standard InChI is InChI=1S/C19H24N2O3/c1-3-24-18-12-5-4-8-15(18)9-7-13-20-19(22)21-16-10-6-11-17(14-16)23-2/h4-6,8,10-12,14H,3,7,9,13H2,1-2H3,(H2,20,21,22). The van der Waals surface area contributed by atoms with E-state index in [1.165, 1.54) is 0 Å². The van der Waals surface area contributed by atoms with Crippen molar-refractivity contribution in [2.24, 2.45) is 0 Å². The van der Waals surface area contributed by atoms with E-state index >= 15 is 0 Å². The van der Waals surface area contributed by atoms with Gasteiger partial charge in [-0.3, -0.25) is 0 Å². The van der Waals surface area contributed by atoms with E-state index in [4.69, 9.17) is 9.47 Å². The highest BCUT2D eigenvalue weighted by molar-refractivity contribution is 5.89. The summed E-state index contributed by atoms with van der Waals surface area (Å²) in [5.41, 5.74) is 1.86. The summed E-state index contributed by atoms with van der Waals surface area (Å²) in [5.74, 6) is 1.63. The van der Waals surface area contributed by atoms with Crippen molar-refractivity contribution in [1.82, 2.24) is 5.32 Å².